The van der Waals surface area contributed by atoms with Crippen molar-refractivity contribution in [3.8, 4) is 5.75 Å². The summed E-state index contributed by atoms with van der Waals surface area (Å²) in [6, 6.07) is 18.3. The predicted molar refractivity (Wildman–Crippen MR) is 138 cm³/mol. The molecule has 1 aliphatic heterocycles. The van der Waals surface area contributed by atoms with Crippen molar-refractivity contribution in [3.63, 3.8) is 0 Å². The fraction of sp³-hybridized carbons (Fsp3) is 0.517. The summed E-state index contributed by atoms with van der Waals surface area (Å²) >= 11 is 0. The van der Waals surface area contributed by atoms with Crippen LogP contribution in [0.25, 0.3) is 0 Å². The largest absolute Gasteiger partial charge is 0.497 e. The molecule has 6 nitrogen and oxygen atoms in total. The highest BCUT2D eigenvalue weighted by Gasteiger charge is 2.24. The first-order chi connectivity index (χ1) is 17.1. The van der Waals surface area contributed by atoms with Crippen LogP contribution in [-0.4, -0.2) is 49.5 Å². The van der Waals surface area contributed by atoms with Gasteiger partial charge in [-0.05, 0) is 61.3 Å². The Labute approximate surface area is 209 Å². The van der Waals surface area contributed by atoms with Crippen LogP contribution in [0.3, 0.4) is 0 Å². The summed E-state index contributed by atoms with van der Waals surface area (Å²) < 4.78 is 5.18. The number of likely N-dealkylation sites (tertiary alicyclic amines) is 1. The first-order valence-electron chi connectivity index (χ1n) is 13.1. The summed E-state index contributed by atoms with van der Waals surface area (Å²) in [4.78, 5) is 27.6. The van der Waals surface area contributed by atoms with Crippen molar-refractivity contribution in [2.75, 3.05) is 26.7 Å². The van der Waals surface area contributed by atoms with Crippen LogP contribution in [-0.2, 0) is 16.0 Å². The second-order valence-corrected chi connectivity index (χ2v) is 10.0. The van der Waals surface area contributed by atoms with Crippen LogP contribution in [0.4, 0.5) is 0 Å². The highest BCUT2D eigenvalue weighted by Crippen LogP contribution is 2.29. The monoisotopic (exact) mass is 477 g/mol. The Kier molecular flexibility index (Phi) is 9.18. The Morgan fingerprint density at radius 3 is 2.31 bits per heavy atom. The maximum atomic E-state index is 12.6. The molecule has 2 amide bonds. The predicted octanol–water partition coefficient (Wildman–Crippen LogP) is 4.26. The third kappa shape index (κ3) is 7.82. The molecule has 0 bridgehead atoms. The molecule has 0 aromatic heterocycles. The molecular formula is C29H39N3O3. The van der Waals surface area contributed by atoms with Crippen molar-refractivity contribution in [1.29, 1.82) is 0 Å². The van der Waals surface area contributed by atoms with E-state index in [4.69, 9.17) is 4.74 Å². The van der Waals surface area contributed by atoms with Gasteiger partial charge < -0.3 is 20.3 Å². The minimum absolute atomic E-state index is 0.0469. The fourth-order valence-corrected chi connectivity index (χ4v) is 5.04. The van der Waals surface area contributed by atoms with Crippen LogP contribution in [0.2, 0.25) is 0 Å². The number of hydrogen-bond donors (Lipinski definition) is 2. The molecule has 4 rings (SSSR count). The van der Waals surface area contributed by atoms with Gasteiger partial charge in [0, 0.05) is 32.1 Å². The number of piperidine rings is 1. The Morgan fingerprint density at radius 2 is 1.69 bits per heavy atom. The minimum Gasteiger partial charge on any atom is -0.497 e. The van der Waals surface area contributed by atoms with Gasteiger partial charge in [-0.2, -0.15) is 0 Å². The fourth-order valence-electron chi connectivity index (χ4n) is 5.04. The molecule has 2 N–H and O–H groups in total. The molecule has 0 unspecified atom stereocenters. The van der Waals surface area contributed by atoms with Gasteiger partial charge in [0.05, 0.1) is 19.6 Å². The van der Waals surface area contributed by atoms with Crippen LogP contribution in [0, 0.1) is 5.92 Å². The molecule has 2 aromatic rings. The van der Waals surface area contributed by atoms with Crippen molar-refractivity contribution in [2.45, 2.75) is 63.5 Å². The van der Waals surface area contributed by atoms with E-state index >= 15 is 0 Å². The van der Waals surface area contributed by atoms with Crippen molar-refractivity contribution >= 4 is 11.8 Å². The highest BCUT2D eigenvalue weighted by atomic mass is 16.5. The van der Waals surface area contributed by atoms with Gasteiger partial charge in [-0.15, -0.1) is 0 Å². The van der Waals surface area contributed by atoms with E-state index in [0.717, 1.165) is 50.2 Å². The number of amides is 2. The number of rotatable bonds is 11. The van der Waals surface area contributed by atoms with E-state index in [2.05, 4.69) is 27.7 Å². The Bertz CT molecular complexity index is 935. The number of nitrogens with zero attached hydrogens (tertiary/aromatic N) is 1. The lowest BCUT2D eigenvalue weighted by molar-refractivity contribution is -0.123. The van der Waals surface area contributed by atoms with Crippen LogP contribution in [0.5, 0.6) is 5.75 Å². The lowest BCUT2D eigenvalue weighted by atomic mass is 9.83. The SMILES string of the molecule is COc1ccc(CC(=O)NC2CCN(CC[C@H](NC(=O)CC3CCC3)c3ccccc3)CC2)cc1. The van der Waals surface area contributed by atoms with Crippen LogP contribution >= 0.6 is 0 Å². The second-order valence-electron chi connectivity index (χ2n) is 10.0. The van der Waals surface area contributed by atoms with Crippen molar-refractivity contribution in [2.24, 2.45) is 5.92 Å². The summed E-state index contributed by atoms with van der Waals surface area (Å²) in [7, 11) is 1.64. The molecule has 2 fully saturated rings. The van der Waals surface area contributed by atoms with E-state index in [9.17, 15) is 9.59 Å². The topological polar surface area (TPSA) is 70.7 Å². The number of methoxy groups -OCH3 is 1. The van der Waals surface area contributed by atoms with Crippen LogP contribution in [0.1, 0.15) is 62.1 Å². The maximum absolute atomic E-state index is 12.6. The zero-order valence-electron chi connectivity index (χ0n) is 20.9. The van der Waals surface area contributed by atoms with E-state index in [1.807, 2.05) is 42.5 Å². The average Bonchev–Trinajstić information content (AvgIpc) is 2.86. The first-order valence-corrected chi connectivity index (χ1v) is 13.1. The molecule has 0 spiro atoms. The summed E-state index contributed by atoms with van der Waals surface area (Å²) in [6.45, 7) is 2.87. The molecule has 2 aliphatic rings. The molecule has 35 heavy (non-hydrogen) atoms. The Morgan fingerprint density at radius 1 is 0.971 bits per heavy atom. The first kappa shape index (κ1) is 25.2. The number of carbonyl (C=O) groups is 2. The van der Waals surface area contributed by atoms with Gasteiger partial charge in [0.2, 0.25) is 11.8 Å². The molecule has 1 aliphatic carbocycles. The molecule has 188 valence electrons. The molecule has 6 heteroatoms. The van der Waals surface area contributed by atoms with Gasteiger partial charge in [0.1, 0.15) is 5.75 Å². The molecule has 2 aromatic carbocycles. The van der Waals surface area contributed by atoms with E-state index in [0.29, 0.717) is 18.8 Å². The van der Waals surface area contributed by atoms with E-state index in [-0.39, 0.29) is 23.9 Å². The second kappa shape index (κ2) is 12.7. The van der Waals surface area contributed by atoms with E-state index < -0.39 is 0 Å². The molecule has 1 atom stereocenters. The number of benzene rings is 2. The van der Waals surface area contributed by atoms with Crippen molar-refractivity contribution in [3.05, 3.63) is 65.7 Å². The number of hydrogen-bond acceptors (Lipinski definition) is 4. The van der Waals surface area contributed by atoms with Gasteiger partial charge >= 0.3 is 0 Å². The smallest absolute Gasteiger partial charge is 0.224 e. The average molecular weight is 478 g/mol. The molecule has 1 heterocycles. The maximum Gasteiger partial charge on any atom is 0.224 e. The molecular weight excluding hydrogens is 438 g/mol. The lowest BCUT2D eigenvalue weighted by Gasteiger charge is -2.33. The summed E-state index contributed by atoms with van der Waals surface area (Å²) in [5, 5.41) is 6.52. The van der Waals surface area contributed by atoms with Crippen molar-refractivity contribution in [1.82, 2.24) is 15.5 Å². The highest BCUT2D eigenvalue weighted by molar-refractivity contribution is 5.79. The summed E-state index contributed by atoms with van der Waals surface area (Å²) in [6.07, 6.45) is 7.50. The number of nitrogens with one attached hydrogen (secondary N) is 2. The van der Waals surface area contributed by atoms with Crippen LogP contribution < -0.4 is 15.4 Å². The zero-order chi connectivity index (χ0) is 24.5. The minimum atomic E-state index is 0.0469. The van der Waals surface area contributed by atoms with Crippen molar-refractivity contribution < 1.29 is 14.3 Å². The molecule has 1 saturated carbocycles. The molecule has 1 saturated heterocycles. The number of carbonyl (C=O) groups excluding carboxylic acids is 2. The van der Waals surface area contributed by atoms with Gasteiger partial charge in [0.25, 0.3) is 0 Å². The molecule has 0 radical (unpaired) electrons. The quantitative estimate of drug-likeness (QED) is 0.508. The van der Waals surface area contributed by atoms with Gasteiger partial charge in [-0.1, -0.05) is 48.9 Å². The summed E-state index contributed by atoms with van der Waals surface area (Å²) in [5.74, 6) is 1.63. The third-order valence-corrected chi connectivity index (χ3v) is 7.45. The zero-order valence-corrected chi connectivity index (χ0v) is 20.9. The third-order valence-electron chi connectivity index (χ3n) is 7.45. The van der Waals surface area contributed by atoms with Gasteiger partial charge in [-0.25, -0.2) is 0 Å². The van der Waals surface area contributed by atoms with Gasteiger partial charge in [0.15, 0.2) is 0 Å². The standard InChI is InChI=1S/C29H39N3O3/c1-35-26-12-10-23(11-13-26)21-28(33)30-25-14-17-32(18-15-25)19-16-27(24-8-3-2-4-9-24)31-29(34)20-22-6-5-7-22/h2-4,8-13,22,25,27H,5-7,14-21H2,1H3,(H,30,33)(H,31,34)/t27-/m0/s1. The normalized spacial score (nSPS) is 17.9. The number of ether oxygens (including phenoxy) is 1. The van der Waals surface area contributed by atoms with Crippen LogP contribution in [0.15, 0.2) is 54.6 Å². The Balaban J connectivity index is 1.20. The lowest BCUT2D eigenvalue weighted by Crippen LogP contribution is -2.45. The summed E-state index contributed by atoms with van der Waals surface area (Å²) in [5.41, 5.74) is 2.17. The van der Waals surface area contributed by atoms with Gasteiger partial charge in [-0.3, -0.25) is 9.59 Å². The Hall–Kier alpha value is -2.86. The van der Waals surface area contributed by atoms with E-state index in [1.165, 1.54) is 24.8 Å². The van der Waals surface area contributed by atoms with E-state index in [1.54, 1.807) is 7.11 Å².